The topological polar surface area (TPSA) is 159 Å². The summed E-state index contributed by atoms with van der Waals surface area (Å²) in [6.07, 6.45) is -7.96. The predicted octanol–water partition coefficient (Wildman–Crippen LogP) is 8.41. The number of carbonyl (C=O) groups is 2. The fourth-order valence-electron chi connectivity index (χ4n) is 5.76. The summed E-state index contributed by atoms with van der Waals surface area (Å²) in [5, 5.41) is 16.9. The highest BCUT2D eigenvalue weighted by Crippen LogP contribution is 2.42. The van der Waals surface area contributed by atoms with Crippen molar-refractivity contribution in [2.24, 2.45) is 5.41 Å². The third-order valence-corrected chi connectivity index (χ3v) is 11.1. The second kappa shape index (κ2) is 17.1. The van der Waals surface area contributed by atoms with Crippen LogP contribution in [0.1, 0.15) is 61.6 Å². The molecule has 0 unspecified atom stereocenters. The first-order valence-corrected chi connectivity index (χ1v) is 19.8. The highest BCUT2D eigenvalue weighted by atomic mass is 35.5. The van der Waals surface area contributed by atoms with E-state index in [-0.39, 0.29) is 55.3 Å². The molecule has 318 valence electrons. The summed E-state index contributed by atoms with van der Waals surface area (Å²) in [4.78, 5) is 31.7. The van der Waals surface area contributed by atoms with Gasteiger partial charge in [0.1, 0.15) is 24.3 Å². The quantitative estimate of drug-likeness (QED) is 0.0647. The highest BCUT2D eigenvalue weighted by Gasteiger charge is 2.53. The number of halogens is 9. The molecule has 0 aliphatic heterocycles. The molecule has 3 N–H and O–H groups in total. The number of sulfone groups is 1. The van der Waals surface area contributed by atoms with Gasteiger partial charge in [-0.05, 0) is 66.8 Å². The molecule has 5 rings (SSSR count). The molecular weight excluding hydrogens is 842 g/mol. The van der Waals surface area contributed by atoms with Gasteiger partial charge in [-0.3, -0.25) is 15.1 Å². The van der Waals surface area contributed by atoms with Crippen LogP contribution in [0, 0.1) is 16.6 Å². The van der Waals surface area contributed by atoms with E-state index in [2.05, 4.69) is 20.7 Å². The molecule has 59 heavy (non-hydrogen) atoms. The third-order valence-electron chi connectivity index (χ3n) is 9.70. The van der Waals surface area contributed by atoms with Crippen molar-refractivity contribution in [2.45, 2.75) is 68.7 Å². The van der Waals surface area contributed by atoms with Crippen molar-refractivity contribution < 1.29 is 57.9 Å². The summed E-state index contributed by atoms with van der Waals surface area (Å²) in [7, 11) is -3.75. The van der Waals surface area contributed by atoms with Crippen molar-refractivity contribution in [3.8, 4) is 22.5 Å². The number of nitrogens with one attached hydrogen (secondary N) is 3. The van der Waals surface area contributed by atoms with Gasteiger partial charge in [0, 0.05) is 29.5 Å². The van der Waals surface area contributed by atoms with Crippen LogP contribution in [0.4, 0.5) is 39.9 Å². The van der Waals surface area contributed by atoms with E-state index in [1.807, 2.05) is 0 Å². The van der Waals surface area contributed by atoms with E-state index in [1.54, 1.807) is 0 Å². The molecule has 1 atom stereocenters. The Balaban J connectivity index is 1.58. The van der Waals surface area contributed by atoms with Crippen molar-refractivity contribution >= 4 is 39.4 Å². The lowest BCUT2D eigenvalue weighted by Crippen LogP contribution is -2.49. The molecule has 1 heterocycles. The number of aromatic nitrogens is 3. The number of nitrogens with zero attached hydrogens (tertiary/aromatic N) is 4. The number of alkyl halides is 7. The zero-order chi connectivity index (χ0) is 43.7. The van der Waals surface area contributed by atoms with Gasteiger partial charge in [-0.25, -0.2) is 31.4 Å². The third kappa shape index (κ3) is 10.1. The molecule has 1 saturated carbocycles. The molecule has 0 saturated heterocycles. The zero-order valence-corrected chi connectivity index (χ0v) is 32.8. The maximum Gasteiger partial charge on any atom is 0.407 e. The van der Waals surface area contributed by atoms with E-state index in [0.717, 1.165) is 32.5 Å². The lowest BCUT2D eigenvalue weighted by Gasteiger charge is -2.34. The molecule has 0 bridgehead atoms. The number of guanidine groups is 1. The van der Waals surface area contributed by atoms with Crippen molar-refractivity contribution in [3.63, 3.8) is 0 Å². The monoisotopic (exact) mass is 877 g/mol. The fraction of sp³-hybridized carbons (Fsp3) is 0.378. The van der Waals surface area contributed by atoms with Gasteiger partial charge in [0.05, 0.1) is 21.4 Å². The Labute approximate surface area is 337 Å². The van der Waals surface area contributed by atoms with Crippen LogP contribution in [-0.2, 0) is 14.6 Å². The number of alkyl carbamates (subject to hydrolysis) is 1. The maximum atomic E-state index is 15.1. The van der Waals surface area contributed by atoms with Gasteiger partial charge in [-0.15, -0.1) is 0 Å². The SMILES string of the molecule is CC(C)(CCNC(=N)N(C(=O)c1ccc(-c2ccc(S(C)(=O)=O)cc2F)cc1)[C@H](COC(=O)NC1(C(F)F)CC1)c1ccc(Cl)c(-c2ncnn2C(F)F)c1)C(F)(F)F. The van der Waals surface area contributed by atoms with Gasteiger partial charge in [-0.1, -0.05) is 49.7 Å². The minimum absolute atomic E-state index is 0.0465. The summed E-state index contributed by atoms with van der Waals surface area (Å²) in [5.74, 6) is -3.22. The molecule has 1 fully saturated rings. The van der Waals surface area contributed by atoms with Crippen LogP contribution in [0.25, 0.3) is 22.5 Å². The van der Waals surface area contributed by atoms with Gasteiger partial charge in [-0.2, -0.15) is 31.7 Å². The summed E-state index contributed by atoms with van der Waals surface area (Å²) in [6, 6.07) is 10.2. The van der Waals surface area contributed by atoms with Crippen LogP contribution in [-0.4, -0.2) is 83.6 Å². The molecule has 3 aromatic carbocycles. The van der Waals surface area contributed by atoms with Gasteiger partial charge in [0.2, 0.25) is 0 Å². The molecule has 2 amide bonds. The van der Waals surface area contributed by atoms with Gasteiger partial charge in [0.15, 0.2) is 21.6 Å². The normalized spacial score (nSPS) is 14.5. The van der Waals surface area contributed by atoms with E-state index < -0.39 is 95.2 Å². The second-order valence-corrected chi connectivity index (χ2v) is 16.7. The number of benzene rings is 3. The summed E-state index contributed by atoms with van der Waals surface area (Å²) in [6.45, 7) is -2.76. The molecule has 22 heteroatoms. The summed E-state index contributed by atoms with van der Waals surface area (Å²) in [5.41, 5.74) is -4.41. The summed E-state index contributed by atoms with van der Waals surface area (Å²) < 4.78 is 141. The van der Waals surface area contributed by atoms with Crippen LogP contribution >= 0.6 is 11.6 Å². The smallest absolute Gasteiger partial charge is 0.407 e. The van der Waals surface area contributed by atoms with E-state index in [1.165, 1.54) is 54.6 Å². The number of amides is 2. The molecule has 0 radical (unpaired) electrons. The Morgan fingerprint density at radius 1 is 1.02 bits per heavy atom. The molecule has 1 aliphatic carbocycles. The average Bonchev–Trinajstić information content (AvgIpc) is 3.77. The van der Waals surface area contributed by atoms with E-state index in [9.17, 15) is 48.7 Å². The van der Waals surface area contributed by atoms with E-state index in [4.69, 9.17) is 21.7 Å². The molecule has 1 aromatic heterocycles. The highest BCUT2D eigenvalue weighted by molar-refractivity contribution is 7.90. The van der Waals surface area contributed by atoms with Crippen molar-refractivity contribution in [1.29, 1.82) is 5.41 Å². The minimum atomic E-state index is -4.65. The molecule has 4 aromatic rings. The van der Waals surface area contributed by atoms with Crippen molar-refractivity contribution in [3.05, 3.63) is 89.0 Å². The van der Waals surface area contributed by atoms with Crippen LogP contribution in [0.3, 0.4) is 0 Å². The molecular formula is C37H36ClF8N7O5S. The zero-order valence-electron chi connectivity index (χ0n) is 31.3. The number of hydrogen-bond donors (Lipinski definition) is 3. The van der Waals surface area contributed by atoms with E-state index in [0.29, 0.717) is 4.90 Å². The van der Waals surface area contributed by atoms with Crippen LogP contribution in [0.15, 0.2) is 71.9 Å². The summed E-state index contributed by atoms with van der Waals surface area (Å²) >= 11 is 6.39. The van der Waals surface area contributed by atoms with Crippen LogP contribution in [0.5, 0.6) is 0 Å². The average molecular weight is 878 g/mol. The minimum Gasteiger partial charge on any atom is -0.447 e. The Morgan fingerprint density at radius 2 is 1.68 bits per heavy atom. The van der Waals surface area contributed by atoms with Crippen LogP contribution < -0.4 is 10.6 Å². The first-order chi connectivity index (χ1) is 27.5. The lowest BCUT2D eigenvalue weighted by atomic mass is 9.88. The van der Waals surface area contributed by atoms with Gasteiger partial charge < -0.3 is 15.4 Å². The molecule has 1 aliphatic rings. The molecule has 0 spiro atoms. The largest absolute Gasteiger partial charge is 0.447 e. The van der Waals surface area contributed by atoms with Crippen molar-refractivity contribution in [2.75, 3.05) is 19.4 Å². The Kier molecular flexibility index (Phi) is 13.0. The number of rotatable bonds is 14. The standard InChI is InChI=1S/C37H36ClF8N7O5S/c1-35(2,37(44,45)46)14-15-48-33(47)52(30(54)21-6-4-20(5-7-21)24-10-9-23(17-27(24)39)59(3,56)57)28(18-58-34(55)51-36(12-13-36)31(40)41)22-8-11-26(38)25(16-22)29-49-19-50-53(29)32(42)43/h4-11,16-17,19,28,31-32H,12-15,18H2,1-3H3,(H2,47,48)(H,51,55)/t28-/m1/s1. The second-order valence-electron chi connectivity index (χ2n) is 14.3. The van der Waals surface area contributed by atoms with Crippen LogP contribution in [0.2, 0.25) is 5.02 Å². The Morgan fingerprint density at radius 3 is 2.24 bits per heavy atom. The first-order valence-electron chi connectivity index (χ1n) is 17.5. The number of carbonyl (C=O) groups excluding carboxylic acids is 2. The fourth-order valence-corrected chi connectivity index (χ4v) is 6.60. The lowest BCUT2D eigenvalue weighted by molar-refractivity contribution is -0.213. The Hall–Kier alpha value is -5.31. The maximum absolute atomic E-state index is 15.1. The van der Waals surface area contributed by atoms with Gasteiger partial charge >= 0.3 is 18.8 Å². The Bertz CT molecular complexity index is 2320. The molecule has 12 nitrogen and oxygen atoms in total. The number of ether oxygens (including phenoxy) is 1. The number of hydrogen-bond acceptors (Lipinski definition) is 8. The predicted molar refractivity (Wildman–Crippen MR) is 198 cm³/mol. The van der Waals surface area contributed by atoms with E-state index >= 15 is 4.39 Å². The van der Waals surface area contributed by atoms with Crippen molar-refractivity contribution in [1.82, 2.24) is 30.3 Å². The first kappa shape index (κ1) is 44.8. The van der Waals surface area contributed by atoms with Gasteiger partial charge in [0.25, 0.3) is 12.3 Å².